The number of furan rings is 1. The van der Waals surface area contributed by atoms with Crippen molar-refractivity contribution in [3.8, 4) is 11.4 Å². The molecule has 0 atom stereocenters. The number of nitrogens with one attached hydrogen (secondary N) is 1. The Morgan fingerprint density at radius 1 is 1.10 bits per heavy atom. The normalized spacial score (nSPS) is 11.5. The lowest BCUT2D eigenvalue weighted by molar-refractivity contribution is 0.616. The second kappa shape index (κ2) is 3.97. The number of hydrogen-bond acceptors (Lipinski definition) is 2. The molecule has 2 heterocycles. The molecule has 0 saturated carbocycles. The van der Waals surface area contributed by atoms with E-state index in [0.29, 0.717) is 0 Å². The number of benzene rings is 2. The number of nitrogens with zero attached hydrogens (tertiary/aromatic N) is 1. The van der Waals surface area contributed by atoms with E-state index in [1.54, 1.807) is 6.26 Å². The van der Waals surface area contributed by atoms with Crippen LogP contribution in [0.5, 0.6) is 0 Å². The predicted octanol–water partition coefficient (Wildman–Crippen LogP) is 4.59. The third-order valence-electron chi connectivity index (χ3n) is 3.66. The van der Waals surface area contributed by atoms with E-state index in [4.69, 9.17) is 9.40 Å². The van der Waals surface area contributed by atoms with Crippen molar-refractivity contribution in [2.24, 2.45) is 0 Å². The number of aromatic nitrogens is 2. The molecule has 20 heavy (non-hydrogen) atoms. The summed E-state index contributed by atoms with van der Waals surface area (Å²) in [6.45, 7) is 4.19. The first kappa shape index (κ1) is 11.3. The molecule has 0 amide bonds. The molecule has 0 saturated heterocycles. The van der Waals surface area contributed by atoms with Gasteiger partial charge < -0.3 is 9.40 Å². The van der Waals surface area contributed by atoms with Gasteiger partial charge in [-0.3, -0.25) is 0 Å². The number of hydrogen-bond donors (Lipinski definition) is 1. The topological polar surface area (TPSA) is 41.8 Å². The molecule has 0 fully saturated rings. The molecular weight excluding hydrogens is 248 g/mol. The van der Waals surface area contributed by atoms with Crippen LogP contribution in [-0.2, 0) is 0 Å². The largest absolute Gasteiger partial charge is 0.464 e. The number of para-hydroxylation sites is 1. The molecule has 0 spiro atoms. The summed E-state index contributed by atoms with van der Waals surface area (Å²) in [4.78, 5) is 8.13. The lowest BCUT2D eigenvalue weighted by Crippen LogP contribution is -1.79. The fourth-order valence-corrected chi connectivity index (χ4v) is 2.76. The second-order valence-electron chi connectivity index (χ2n) is 5.21. The van der Waals surface area contributed by atoms with Crippen LogP contribution in [0, 0.1) is 13.8 Å². The Morgan fingerprint density at radius 2 is 1.95 bits per heavy atom. The minimum absolute atomic E-state index is 0.860. The molecule has 98 valence electrons. The van der Waals surface area contributed by atoms with Crippen molar-refractivity contribution in [2.75, 3.05) is 0 Å². The van der Waals surface area contributed by atoms with E-state index in [9.17, 15) is 0 Å². The molecule has 3 heteroatoms. The lowest BCUT2D eigenvalue weighted by atomic mass is 10.1. The monoisotopic (exact) mass is 262 g/mol. The molecular formula is C17H14N2O. The molecule has 2 aromatic heterocycles. The second-order valence-corrected chi connectivity index (χ2v) is 5.21. The van der Waals surface area contributed by atoms with Gasteiger partial charge in [0.1, 0.15) is 17.7 Å². The average molecular weight is 262 g/mol. The molecule has 4 aromatic rings. The first-order valence-corrected chi connectivity index (χ1v) is 6.66. The van der Waals surface area contributed by atoms with E-state index in [-0.39, 0.29) is 0 Å². The molecule has 1 N–H and O–H groups in total. The number of fused-ring (bicyclic) bond motifs is 2. The zero-order valence-electron chi connectivity index (χ0n) is 11.4. The fraction of sp³-hybridized carbons (Fsp3) is 0.118. The molecule has 0 bridgehead atoms. The van der Waals surface area contributed by atoms with Crippen molar-refractivity contribution in [1.82, 2.24) is 9.97 Å². The summed E-state index contributed by atoms with van der Waals surface area (Å²) < 4.78 is 5.59. The Morgan fingerprint density at radius 3 is 2.85 bits per heavy atom. The van der Waals surface area contributed by atoms with Crippen LogP contribution in [0.15, 0.2) is 47.1 Å². The number of H-pyrrole nitrogens is 1. The molecule has 0 aliphatic heterocycles. The van der Waals surface area contributed by atoms with Gasteiger partial charge in [0.15, 0.2) is 0 Å². The maximum atomic E-state index is 5.59. The van der Waals surface area contributed by atoms with Crippen LogP contribution < -0.4 is 0 Å². The van der Waals surface area contributed by atoms with Crippen LogP contribution in [0.25, 0.3) is 33.4 Å². The van der Waals surface area contributed by atoms with E-state index in [2.05, 4.69) is 37.0 Å². The highest BCUT2D eigenvalue weighted by molar-refractivity contribution is 5.94. The van der Waals surface area contributed by atoms with Crippen molar-refractivity contribution in [3.05, 3.63) is 53.8 Å². The van der Waals surface area contributed by atoms with Crippen molar-refractivity contribution < 1.29 is 4.42 Å². The van der Waals surface area contributed by atoms with Gasteiger partial charge in [0.25, 0.3) is 0 Å². The third kappa shape index (κ3) is 1.56. The minimum atomic E-state index is 0.860. The average Bonchev–Trinajstić information content (AvgIpc) is 3.01. The molecule has 0 radical (unpaired) electrons. The van der Waals surface area contributed by atoms with Crippen LogP contribution in [-0.4, -0.2) is 9.97 Å². The van der Waals surface area contributed by atoms with Gasteiger partial charge in [0, 0.05) is 5.39 Å². The molecule has 0 aliphatic rings. The van der Waals surface area contributed by atoms with E-state index in [1.165, 1.54) is 11.1 Å². The number of aromatic amines is 1. The molecule has 4 rings (SSSR count). The zero-order chi connectivity index (χ0) is 13.7. The first-order chi connectivity index (χ1) is 9.72. The van der Waals surface area contributed by atoms with E-state index < -0.39 is 0 Å². The fourth-order valence-electron chi connectivity index (χ4n) is 2.76. The van der Waals surface area contributed by atoms with E-state index >= 15 is 0 Å². The highest BCUT2D eigenvalue weighted by atomic mass is 16.3. The Bertz CT molecular complexity index is 931. The minimum Gasteiger partial charge on any atom is -0.464 e. The van der Waals surface area contributed by atoms with Gasteiger partial charge in [-0.15, -0.1) is 0 Å². The highest BCUT2D eigenvalue weighted by Gasteiger charge is 2.12. The highest BCUT2D eigenvalue weighted by Crippen LogP contribution is 2.30. The van der Waals surface area contributed by atoms with Gasteiger partial charge in [-0.2, -0.15) is 0 Å². The predicted molar refractivity (Wildman–Crippen MR) is 80.8 cm³/mol. The van der Waals surface area contributed by atoms with Crippen LogP contribution in [0.1, 0.15) is 11.1 Å². The van der Waals surface area contributed by atoms with Crippen molar-refractivity contribution in [2.45, 2.75) is 13.8 Å². The Balaban J connectivity index is 2.01. The molecule has 0 aliphatic carbocycles. The SMILES string of the molecule is Cc1cc(C)c2nc(-c3coc4ccccc34)[nH]c2c1. The Kier molecular flexibility index (Phi) is 2.24. The van der Waals surface area contributed by atoms with Crippen LogP contribution in [0.3, 0.4) is 0 Å². The standard InChI is InChI=1S/C17H14N2O/c1-10-7-11(2)16-14(8-10)18-17(19-16)13-9-20-15-6-4-3-5-12(13)15/h3-9H,1-2H3,(H,18,19). The summed E-state index contributed by atoms with van der Waals surface area (Å²) in [5.41, 5.74) is 6.42. The first-order valence-electron chi connectivity index (χ1n) is 6.66. The van der Waals surface area contributed by atoms with Crippen molar-refractivity contribution >= 4 is 22.0 Å². The molecule has 3 nitrogen and oxygen atoms in total. The number of rotatable bonds is 1. The lowest BCUT2D eigenvalue weighted by Gasteiger charge is -1.96. The summed E-state index contributed by atoms with van der Waals surface area (Å²) in [6, 6.07) is 12.3. The number of imidazole rings is 1. The zero-order valence-corrected chi connectivity index (χ0v) is 11.4. The maximum Gasteiger partial charge on any atom is 0.142 e. The summed E-state index contributed by atoms with van der Waals surface area (Å²) in [7, 11) is 0. The summed E-state index contributed by atoms with van der Waals surface area (Å²) in [5, 5.41) is 1.08. The van der Waals surface area contributed by atoms with Gasteiger partial charge in [-0.1, -0.05) is 24.3 Å². The van der Waals surface area contributed by atoms with E-state index in [1.807, 2.05) is 18.2 Å². The Hall–Kier alpha value is -2.55. The molecule has 0 unspecified atom stereocenters. The van der Waals surface area contributed by atoms with Gasteiger partial charge in [-0.25, -0.2) is 4.98 Å². The van der Waals surface area contributed by atoms with Crippen LogP contribution >= 0.6 is 0 Å². The quantitative estimate of drug-likeness (QED) is 0.545. The van der Waals surface area contributed by atoms with Crippen LogP contribution in [0.2, 0.25) is 0 Å². The van der Waals surface area contributed by atoms with Crippen LogP contribution in [0.4, 0.5) is 0 Å². The smallest absolute Gasteiger partial charge is 0.142 e. The summed E-state index contributed by atoms with van der Waals surface area (Å²) >= 11 is 0. The van der Waals surface area contributed by atoms with E-state index in [0.717, 1.165) is 33.4 Å². The number of aryl methyl sites for hydroxylation is 2. The van der Waals surface area contributed by atoms with Gasteiger partial charge in [-0.05, 0) is 37.1 Å². The Labute approximate surface area is 116 Å². The third-order valence-corrected chi connectivity index (χ3v) is 3.66. The van der Waals surface area contributed by atoms with Crippen molar-refractivity contribution in [1.29, 1.82) is 0 Å². The summed E-state index contributed by atoms with van der Waals surface area (Å²) in [5.74, 6) is 0.860. The van der Waals surface area contributed by atoms with Gasteiger partial charge in [0.2, 0.25) is 0 Å². The molecule has 2 aromatic carbocycles. The van der Waals surface area contributed by atoms with Gasteiger partial charge >= 0.3 is 0 Å². The summed E-state index contributed by atoms with van der Waals surface area (Å²) in [6.07, 6.45) is 1.77. The van der Waals surface area contributed by atoms with Crippen molar-refractivity contribution in [3.63, 3.8) is 0 Å². The van der Waals surface area contributed by atoms with Gasteiger partial charge in [0.05, 0.1) is 16.6 Å². The maximum absolute atomic E-state index is 5.59.